The zero-order chi connectivity index (χ0) is 25.5. The van der Waals surface area contributed by atoms with Gasteiger partial charge in [-0.15, -0.1) is 11.3 Å². The van der Waals surface area contributed by atoms with E-state index in [-0.39, 0.29) is 11.0 Å². The third-order valence-corrected chi connectivity index (χ3v) is 6.37. The van der Waals surface area contributed by atoms with Gasteiger partial charge >= 0.3 is 0 Å². The summed E-state index contributed by atoms with van der Waals surface area (Å²) in [6, 6.07) is 19.1. The standard InChI is InChI=1S/C27H27N3O4S2/c1-4-32-21-15-18(16-22(33-5-2)24(21)34-6-3)25(31)30-27(35)28-19-13-11-17(12-14-19)26-29-20-9-7-8-10-23(20)36-26/h7-16H,4-6H2,1-3H3,(H2,28,30,31,35). The zero-order valence-electron chi connectivity index (χ0n) is 20.3. The Morgan fingerprint density at radius 2 is 1.56 bits per heavy atom. The minimum absolute atomic E-state index is 0.178. The molecular formula is C27H27N3O4S2. The maximum absolute atomic E-state index is 13.0. The van der Waals surface area contributed by atoms with Gasteiger partial charge in [-0.05, 0) is 81.5 Å². The summed E-state index contributed by atoms with van der Waals surface area (Å²) < 4.78 is 18.2. The molecule has 0 bridgehead atoms. The van der Waals surface area contributed by atoms with Crippen LogP contribution >= 0.6 is 23.6 Å². The summed E-state index contributed by atoms with van der Waals surface area (Å²) in [6.45, 7) is 6.89. The molecule has 0 aliphatic carbocycles. The molecule has 0 radical (unpaired) electrons. The van der Waals surface area contributed by atoms with Crippen molar-refractivity contribution in [3.8, 4) is 27.8 Å². The van der Waals surface area contributed by atoms with E-state index in [9.17, 15) is 4.79 Å². The molecule has 0 atom stereocenters. The second-order valence-corrected chi connectivity index (χ2v) is 9.01. The molecule has 4 aromatic rings. The highest BCUT2D eigenvalue weighted by atomic mass is 32.1. The number of carbonyl (C=O) groups is 1. The van der Waals surface area contributed by atoms with E-state index in [1.165, 1.54) is 0 Å². The molecule has 0 unspecified atom stereocenters. The summed E-state index contributed by atoms with van der Waals surface area (Å²) in [5.41, 5.74) is 3.10. The molecule has 7 nitrogen and oxygen atoms in total. The number of benzene rings is 3. The van der Waals surface area contributed by atoms with Gasteiger partial charge in [0.1, 0.15) is 5.01 Å². The first-order valence-electron chi connectivity index (χ1n) is 11.7. The Balaban J connectivity index is 1.45. The van der Waals surface area contributed by atoms with Crippen LogP contribution in [0.2, 0.25) is 0 Å². The molecule has 1 heterocycles. The molecule has 4 rings (SSSR count). The van der Waals surface area contributed by atoms with Gasteiger partial charge in [0.2, 0.25) is 5.75 Å². The fourth-order valence-electron chi connectivity index (χ4n) is 3.55. The average Bonchev–Trinajstić information content (AvgIpc) is 3.31. The van der Waals surface area contributed by atoms with Crippen molar-refractivity contribution >= 4 is 50.5 Å². The van der Waals surface area contributed by atoms with Crippen LogP contribution in [0.25, 0.3) is 20.8 Å². The molecule has 0 saturated heterocycles. The lowest BCUT2D eigenvalue weighted by molar-refractivity contribution is 0.0976. The molecule has 186 valence electrons. The molecule has 0 aliphatic heterocycles. The third-order valence-electron chi connectivity index (χ3n) is 5.08. The smallest absolute Gasteiger partial charge is 0.257 e. The van der Waals surface area contributed by atoms with Crippen molar-refractivity contribution in [3.63, 3.8) is 0 Å². The van der Waals surface area contributed by atoms with Crippen molar-refractivity contribution in [3.05, 3.63) is 66.2 Å². The fraction of sp³-hybridized carbons (Fsp3) is 0.222. The normalized spacial score (nSPS) is 10.6. The molecule has 3 aromatic carbocycles. The Hall–Kier alpha value is -3.69. The first-order valence-corrected chi connectivity index (χ1v) is 12.9. The number of amides is 1. The van der Waals surface area contributed by atoms with Gasteiger partial charge in [0.05, 0.1) is 30.0 Å². The molecule has 0 saturated carbocycles. The van der Waals surface area contributed by atoms with Crippen LogP contribution in [0.15, 0.2) is 60.7 Å². The summed E-state index contributed by atoms with van der Waals surface area (Å²) in [6.07, 6.45) is 0. The Kier molecular flexibility index (Phi) is 8.35. The zero-order valence-corrected chi connectivity index (χ0v) is 21.9. The summed E-state index contributed by atoms with van der Waals surface area (Å²) in [5, 5.41) is 6.90. The van der Waals surface area contributed by atoms with Crippen molar-refractivity contribution < 1.29 is 19.0 Å². The highest BCUT2D eigenvalue weighted by molar-refractivity contribution is 7.80. The van der Waals surface area contributed by atoms with E-state index in [0.717, 1.165) is 26.5 Å². The van der Waals surface area contributed by atoms with Crippen LogP contribution in [0.4, 0.5) is 5.69 Å². The minimum Gasteiger partial charge on any atom is -0.490 e. The lowest BCUT2D eigenvalue weighted by Crippen LogP contribution is -2.34. The van der Waals surface area contributed by atoms with Crippen LogP contribution in [0.1, 0.15) is 31.1 Å². The van der Waals surface area contributed by atoms with Crippen LogP contribution in [-0.2, 0) is 0 Å². The number of hydrogen-bond acceptors (Lipinski definition) is 7. The second-order valence-electron chi connectivity index (χ2n) is 7.57. The van der Waals surface area contributed by atoms with Crippen LogP contribution < -0.4 is 24.8 Å². The number of aromatic nitrogens is 1. The maximum Gasteiger partial charge on any atom is 0.257 e. The number of nitrogens with one attached hydrogen (secondary N) is 2. The first kappa shape index (κ1) is 25.4. The van der Waals surface area contributed by atoms with Crippen LogP contribution in [-0.4, -0.2) is 35.8 Å². The lowest BCUT2D eigenvalue weighted by atomic mass is 10.1. The SMILES string of the molecule is CCOc1cc(C(=O)NC(=S)Nc2ccc(-c3nc4ccccc4s3)cc2)cc(OCC)c1OCC. The number of thiocarbonyl (C=S) groups is 1. The number of nitrogens with zero attached hydrogens (tertiary/aromatic N) is 1. The van der Waals surface area contributed by atoms with Gasteiger partial charge in [0, 0.05) is 16.8 Å². The van der Waals surface area contributed by atoms with Gasteiger partial charge in [-0.2, -0.15) is 0 Å². The Labute approximate surface area is 219 Å². The summed E-state index contributed by atoms with van der Waals surface area (Å²) >= 11 is 7.02. The summed E-state index contributed by atoms with van der Waals surface area (Å²) in [7, 11) is 0. The van der Waals surface area contributed by atoms with Gasteiger partial charge < -0.3 is 19.5 Å². The number of anilines is 1. The van der Waals surface area contributed by atoms with E-state index in [0.29, 0.717) is 42.6 Å². The van der Waals surface area contributed by atoms with Gasteiger partial charge in [0.15, 0.2) is 16.6 Å². The quantitative estimate of drug-likeness (QED) is 0.251. The Bertz CT molecular complexity index is 1310. The van der Waals surface area contributed by atoms with E-state index in [2.05, 4.69) is 16.7 Å². The molecule has 9 heteroatoms. The molecular weight excluding hydrogens is 494 g/mol. The van der Waals surface area contributed by atoms with Crippen molar-refractivity contribution in [2.24, 2.45) is 0 Å². The predicted molar refractivity (Wildman–Crippen MR) is 149 cm³/mol. The van der Waals surface area contributed by atoms with Crippen molar-refractivity contribution in [2.45, 2.75) is 20.8 Å². The van der Waals surface area contributed by atoms with Crippen LogP contribution in [0.3, 0.4) is 0 Å². The number of fused-ring (bicyclic) bond motifs is 1. The van der Waals surface area contributed by atoms with E-state index in [4.69, 9.17) is 31.4 Å². The van der Waals surface area contributed by atoms with Crippen molar-refractivity contribution in [1.82, 2.24) is 10.3 Å². The van der Waals surface area contributed by atoms with Crippen molar-refractivity contribution in [1.29, 1.82) is 0 Å². The van der Waals surface area contributed by atoms with Gasteiger partial charge in [-0.1, -0.05) is 12.1 Å². The summed E-state index contributed by atoms with van der Waals surface area (Å²) in [5.74, 6) is 0.981. The predicted octanol–water partition coefficient (Wildman–Crippen LogP) is 6.29. The number of para-hydroxylation sites is 1. The van der Waals surface area contributed by atoms with Crippen LogP contribution in [0.5, 0.6) is 17.2 Å². The van der Waals surface area contributed by atoms with Gasteiger partial charge in [-0.25, -0.2) is 4.98 Å². The maximum atomic E-state index is 13.0. The molecule has 2 N–H and O–H groups in total. The monoisotopic (exact) mass is 521 g/mol. The number of rotatable bonds is 9. The highest BCUT2D eigenvalue weighted by Gasteiger charge is 2.19. The van der Waals surface area contributed by atoms with E-state index in [1.54, 1.807) is 23.5 Å². The van der Waals surface area contributed by atoms with Gasteiger partial charge in [-0.3, -0.25) is 10.1 Å². The van der Waals surface area contributed by atoms with Gasteiger partial charge in [0.25, 0.3) is 5.91 Å². The number of thiazole rings is 1. The number of ether oxygens (including phenoxy) is 3. The molecule has 36 heavy (non-hydrogen) atoms. The minimum atomic E-state index is -0.386. The van der Waals surface area contributed by atoms with E-state index in [1.807, 2.05) is 63.2 Å². The molecule has 0 aliphatic rings. The van der Waals surface area contributed by atoms with Crippen LogP contribution in [0, 0.1) is 0 Å². The topological polar surface area (TPSA) is 81.7 Å². The Morgan fingerprint density at radius 3 is 2.17 bits per heavy atom. The molecule has 1 amide bonds. The first-order chi connectivity index (χ1) is 17.5. The average molecular weight is 522 g/mol. The molecule has 0 fully saturated rings. The Morgan fingerprint density at radius 1 is 0.917 bits per heavy atom. The molecule has 0 spiro atoms. The fourth-order valence-corrected chi connectivity index (χ4v) is 4.73. The highest BCUT2D eigenvalue weighted by Crippen LogP contribution is 2.39. The van der Waals surface area contributed by atoms with E-state index >= 15 is 0 Å². The van der Waals surface area contributed by atoms with Crippen molar-refractivity contribution in [2.75, 3.05) is 25.1 Å². The number of hydrogen-bond donors (Lipinski definition) is 2. The van der Waals surface area contributed by atoms with E-state index < -0.39 is 0 Å². The number of carbonyl (C=O) groups excluding carboxylic acids is 1. The lowest BCUT2D eigenvalue weighted by Gasteiger charge is -2.17. The molecule has 1 aromatic heterocycles. The largest absolute Gasteiger partial charge is 0.490 e. The third kappa shape index (κ3) is 5.92. The second kappa shape index (κ2) is 11.8. The summed E-state index contributed by atoms with van der Waals surface area (Å²) in [4.78, 5) is 17.6.